The maximum atomic E-state index is 12.1. The largest absolute Gasteiger partial charge is 0.321 e. The monoisotopic (exact) mass is 277 g/mol. The van der Waals surface area contributed by atoms with Gasteiger partial charge in [-0.3, -0.25) is 10.2 Å². The smallest absolute Gasteiger partial charge is 0.256 e. The highest BCUT2D eigenvalue weighted by Crippen LogP contribution is 2.33. The number of nitrogens with one attached hydrogen (secondary N) is 2. The van der Waals surface area contributed by atoms with Gasteiger partial charge in [0.2, 0.25) is 0 Å². The van der Waals surface area contributed by atoms with Gasteiger partial charge in [-0.2, -0.15) is 5.10 Å². The fraction of sp³-hybridized carbons (Fsp3) is 0.0588. The number of fused-ring (bicyclic) bond motifs is 1. The maximum absolute atomic E-state index is 12.1. The fourth-order valence-electron chi connectivity index (χ4n) is 2.44. The van der Waals surface area contributed by atoms with Crippen LogP contribution in [0.4, 0.5) is 11.4 Å². The van der Waals surface area contributed by atoms with Crippen molar-refractivity contribution < 1.29 is 4.79 Å². The Morgan fingerprint density at radius 3 is 2.81 bits per heavy atom. The summed E-state index contributed by atoms with van der Waals surface area (Å²) in [6.07, 6.45) is 1.90. The van der Waals surface area contributed by atoms with Crippen LogP contribution in [0.5, 0.6) is 0 Å². The molecule has 1 heterocycles. The van der Waals surface area contributed by atoms with Crippen LogP contribution in [0.1, 0.15) is 16.7 Å². The standard InChI is InChI=1S/C17H15N3O/c1-11-9-12(7-8-15(11)20-18-2)10-14-13-5-3-4-6-16(13)19-17(14)21/h3-10,20H,2H2,1H3,(H,19,21)/b14-10+. The van der Waals surface area contributed by atoms with Crippen molar-refractivity contribution >= 4 is 35.6 Å². The van der Waals surface area contributed by atoms with Crippen LogP contribution in [0.3, 0.4) is 0 Å². The lowest BCUT2D eigenvalue weighted by molar-refractivity contribution is -0.110. The zero-order valence-corrected chi connectivity index (χ0v) is 11.7. The summed E-state index contributed by atoms with van der Waals surface area (Å²) in [5.41, 5.74) is 8.25. The molecule has 21 heavy (non-hydrogen) atoms. The van der Waals surface area contributed by atoms with E-state index < -0.39 is 0 Å². The molecule has 0 bridgehead atoms. The molecule has 0 saturated heterocycles. The van der Waals surface area contributed by atoms with Crippen molar-refractivity contribution in [3.63, 3.8) is 0 Å². The Bertz CT molecular complexity index is 762. The molecule has 0 spiro atoms. The number of rotatable bonds is 3. The number of benzene rings is 2. The summed E-state index contributed by atoms with van der Waals surface area (Å²) in [5, 5.41) is 6.53. The second-order valence-corrected chi connectivity index (χ2v) is 4.90. The predicted molar refractivity (Wildman–Crippen MR) is 87.3 cm³/mol. The molecule has 0 fully saturated rings. The van der Waals surface area contributed by atoms with Gasteiger partial charge in [0.05, 0.1) is 5.69 Å². The van der Waals surface area contributed by atoms with E-state index in [2.05, 4.69) is 22.6 Å². The molecule has 1 amide bonds. The fourth-order valence-corrected chi connectivity index (χ4v) is 2.44. The van der Waals surface area contributed by atoms with Gasteiger partial charge in [0.1, 0.15) is 0 Å². The third-order valence-corrected chi connectivity index (χ3v) is 3.47. The minimum Gasteiger partial charge on any atom is -0.321 e. The van der Waals surface area contributed by atoms with Crippen molar-refractivity contribution in [1.29, 1.82) is 0 Å². The second-order valence-electron chi connectivity index (χ2n) is 4.90. The van der Waals surface area contributed by atoms with E-state index in [1.54, 1.807) is 0 Å². The predicted octanol–water partition coefficient (Wildman–Crippen LogP) is 3.52. The van der Waals surface area contributed by atoms with E-state index in [0.717, 1.165) is 28.1 Å². The van der Waals surface area contributed by atoms with Crippen molar-refractivity contribution in [2.24, 2.45) is 5.10 Å². The summed E-state index contributed by atoms with van der Waals surface area (Å²) in [6.45, 7) is 5.40. The molecular weight excluding hydrogens is 262 g/mol. The summed E-state index contributed by atoms with van der Waals surface area (Å²) < 4.78 is 0. The Morgan fingerprint density at radius 1 is 1.24 bits per heavy atom. The van der Waals surface area contributed by atoms with Gasteiger partial charge in [0.15, 0.2) is 0 Å². The Kier molecular flexibility index (Phi) is 3.28. The van der Waals surface area contributed by atoms with E-state index in [0.29, 0.717) is 5.57 Å². The molecule has 0 unspecified atom stereocenters. The summed E-state index contributed by atoms with van der Waals surface area (Å²) in [6, 6.07) is 13.6. The van der Waals surface area contributed by atoms with Crippen molar-refractivity contribution in [3.05, 3.63) is 59.2 Å². The van der Waals surface area contributed by atoms with Gasteiger partial charge in [-0.05, 0) is 42.3 Å². The lowest BCUT2D eigenvalue weighted by atomic mass is 10.0. The molecule has 0 radical (unpaired) electrons. The van der Waals surface area contributed by atoms with E-state index in [1.165, 1.54) is 0 Å². The van der Waals surface area contributed by atoms with Crippen molar-refractivity contribution in [1.82, 2.24) is 0 Å². The molecule has 0 aliphatic carbocycles. The highest BCUT2D eigenvalue weighted by Gasteiger charge is 2.23. The van der Waals surface area contributed by atoms with Gasteiger partial charge in [-0.1, -0.05) is 24.3 Å². The minimum absolute atomic E-state index is 0.0659. The topological polar surface area (TPSA) is 53.5 Å². The van der Waals surface area contributed by atoms with Crippen LogP contribution in [0, 0.1) is 6.92 Å². The first-order valence-electron chi connectivity index (χ1n) is 6.64. The number of nitrogens with zero attached hydrogens (tertiary/aromatic N) is 1. The van der Waals surface area contributed by atoms with E-state index in [1.807, 2.05) is 55.5 Å². The molecule has 2 aromatic rings. The van der Waals surface area contributed by atoms with Crippen LogP contribution in [0.2, 0.25) is 0 Å². The number of carbonyl (C=O) groups excluding carboxylic acids is 1. The molecule has 4 heteroatoms. The number of anilines is 2. The average Bonchev–Trinajstić information content (AvgIpc) is 2.78. The molecular formula is C17H15N3O. The van der Waals surface area contributed by atoms with Gasteiger partial charge in [-0.15, -0.1) is 0 Å². The number of hydrazone groups is 1. The summed E-state index contributed by atoms with van der Waals surface area (Å²) in [5.74, 6) is -0.0659. The molecule has 1 aliphatic heterocycles. The van der Waals surface area contributed by atoms with Crippen LogP contribution in [0.25, 0.3) is 11.6 Å². The van der Waals surface area contributed by atoms with Crippen molar-refractivity contribution in [2.45, 2.75) is 6.92 Å². The van der Waals surface area contributed by atoms with Crippen LogP contribution >= 0.6 is 0 Å². The number of carbonyl (C=O) groups is 1. The Labute approximate surface area is 123 Å². The SMILES string of the molecule is C=NNc1ccc(/C=C2/C(=O)Nc3ccccc32)cc1C. The van der Waals surface area contributed by atoms with E-state index >= 15 is 0 Å². The van der Waals surface area contributed by atoms with Crippen LogP contribution in [-0.4, -0.2) is 12.6 Å². The van der Waals surface area contributed by atoms with Crippen LogP contribution in [0.15, 0.2) is 47.6 Å². The highest BCUT2D eigenvalue weighted by molar-refractivity contribution is 6.34. The molecule has 2 N–H and O–H groups in total. The lowest BCUT2D eigenvalue weighted by Gasteiger charge is -2.06. The quantitative estimate of drug-likeness (QED) is 0.512. The molecule has 1 aliphatic rings. The van der Waals surface area contributed by atoms with Gasteiger partial charge in [0, 0.05) is 23.5 Å². The molecule has 104 valence electrons. The molecule has 0 saturated carbocycles. The number of aryl methyl sites for hydroxylation is 1. The van der Waals surface area contributed by atoms with E-state index in [-0.39, 0.29) is 5.91 Å². The molecule has 2 aromatic carbocycles. The maximum Gasteiger partial charge on any atom is 0.256 e. The van der Waals surface area contributed by atoms with Gasteiger partial charge >= 0.3 is 0 Å². The van der Waals surface area contributed by atoms with Crippen LogP contribution < -0.4 is 10.7 Å². The van der Waals surface area contributed by atoms with Gasteiger partial charge in [-0.25, -0.2) is 0 Å². The normalized spacial score (nSPS) is 14.7. The first kappa shape index (κ1) is 13.1. The van der Waals surface area contributed by atoms with Crippen LogP contribution in [-0.2, 0) is 4.79 Å². The average molecular weight is 277 g/mol. The summed E-state index contributed by atoms with van der Waals surface area (Å²) in [7, 11) is 0. The highest BCUT2D eigenvalue weighted by atomic mass is 16.2. The number of para-hydroxylation sites is 1. The van der Waals surface area contributed by atoms with E-state index in [9.17, 15) is 4.79 Å². The molecule has 0 atom stereocenters. The molecule has 0 aromatic heterocycles. The zero-order chi connectivity index (χ0) is 14.8. The lowest BCUT2D eigenvalue weighted by Crippen LogP contribution is -2.03. The second kappa shape index (κ2) is 5.25. The van der Waals surface area contributed by atoms with Crippen molar-refractivity contribution in [2.75, 3.05) is 10.7 Å². The molecule has 4 nitrogen and oxygen atoms in total. The zero-order valence-electron chi connectivity index (χ0n) is 11.7. The molecule has 3 rings (SSSR count). The van der Waals surface area contributed by atoms with E-state index in [4.69, 9.17) is 0 Å². The number of hydrogen-bond donors (Lipinski definition) is 2. The Hall–Kier alpha value is -2.88. The Morgan fingerprint density at radius 2 is 2.05 bits per heavy atom. The third-order valence-electron chi connectivity index (χ3n) is 3.47. The first-order chi connectivity index (χ1) is 10.2. The van der Waals surface area contributed by atoms with Gasteiger partial charge in [0.25, 0.3) is 5.91 Å². The van der Waals surface area contributed by atoms with Crippen molar-refractivity contribution in [3.8, 4) is 0 Å². The summed E-state index contributed by atoms with van der Waals surface area (Å²) >= 11 is 0. The summed E-state index contributed by atoms with van der Waals surface area (Å²) in [4.78, 5) is 12.1. The van der Waals surface area contributed by atoms with Gasteiger partial charge < -0.3 is 5.32 Å². The first-order valence-corrected chi connectivity index (χ1v) is 6.64. The Balaban J connectivity index is 2.01. The number of amides is 1. The third kappa shape index (κ3) is 2.43. The minimum atomic E-state index is -0.0659. The number of hydrogen-bond acceptors (Lipinski definition) is 3.